The molecular formula is C15H26N2S. The number of benzene rings is 1. The van der Waals surface area contributed by atoms with Crippen LogP contribution in [0.4, 0.5) is 0 Å². The average molecular weight is 266 g/mol. The van der Waals surface area contributed by atoms with Gasteiger partial charge in [-0.1, -0.05) is 32.9 Å². The van der Waals surface area contributed by atoms with E-state index in [1.54, 1.807) is 0 Å². The van der Waals surface area contributed by atoms with Gasteiger partial charge in [0.1, 0.15) is 0 Å². The number of nitrogens with two attached hydrogens (primary N) is 1. The van der Waals surface area contributed by atoms with E-state index in [1.165, 1.54) is 10.5 Å². The second kappa shape index (κ2) is 7.82. The van der Waals surface area contributed by atoms with Gasteiger partial charge in [-0.2, -0.15) is 0 Å². The quantitative estimate of drug-likeness (QED) is 0.709. The molecule has 3 heteroatoms. The van der Waals surface area contributed by atoms with Crippen LogP contribution < -0.4 is 11.1 Å². The Morgan fingerprint density at radius 1 is 1.22 bits per heavy atom. The fourth-order valence-electron chi connectivity index (χ4n) is 1.89. The van der Waals surface area contributed by atoms with Crippen molar-refractivity contribution >= 4 is 11.8 Å². The molecule has 18 heavy (non-hydrogen) atoms. The van der Waals surface area contributed by atoms with Crippen LogP contribution in [0.1, 0.15) is 32.8 Å². The molecule has 3 N–H and O–H groups in total. The molecule has 0 heterocycles. The predicted molar refractivity (Wildman–Crippen MR) is 82.0 cm³/mol. The molecular weight excluding hydrogens is 240 g/mol. The summed E-state index contributed by atoms with van der Waals surface area (Å²) in [5.74, 6) is 1.13. The Balaban J connectivity index is 2.35. The second-order valence-electron chi connectivity index (χ2n) is 5.38. The first-order valence-corrected chi connectivity index (χ1v) is 7.68. The molecule has 0 atom stereocenters. The van der Waals surface area contributed by atoms with E-state index in [2.05, 4.69) is 50.4 Å². The molecule has 0 amide bonds. The molecule has 1 rings (SSSR count). The van der Waals surface area contributed by atoms with Crippen LogP contribution in [0.5, 0.6) is 0 Å². The first-order chi connectivity index (χ1) is 8.57. The van der Waals surface area contributed by atoms with Gasteiger partial charge in [0.15, 0.2) is 0 Å². The predicted octanol–water partition coefficient (Wildman–Crippen LogP) is 3.26. The van der Waals surface area contributed by atoms with Crippen molar-refractivity contribution in [2.24, 2.45) is 11.1 Å². The lowest BCUT2D eigenvalue weighted by molar-refractivity contribution is 0.319. The first-order valence-electron chi connectivity index (χ1n) is 6.70. The van der Waals surface area contributed by atoms with Gasteiger partial charge in [-0.05, 0) is 41.8 Å². The molecule has 102 valence electrons. The van der Waals surface area contributed by atoms with Gasteiger partial charge in [0.05, 0.1) is 0 Å². The van der Waals surface area contributed by atoms with Crippen LogP contribution in [0.3, 0.4) is 0 Å². The largest absolute Gasteiger partial charge is 0.330 e. The van der Waals surface area contributed by atoms with Gasteiger partial charge in [0.25, 0.3) is 0 Å². The average Bonchev–Trinajstić information content (AvgIpc) is 2.31. The Labute approximate surface area is 116 Å². The van der Waals surface area contributed by atoms with E-state index in [0.29, 0.717) is 0 Å². The fraction of sp³-hybridized carbons (Fsp3) is 0.600. The standard InChI is InChI=1S/C15H26N2S/c1-4-18-14-7-5-13(6-8-14)11-17-12-15(2,3)9-10-16/h5-8,17H,4,9-12,16H2,1-3H3. The second-order valence-corrected chi connectivity index (χ2v) is 6.72. The van der Waals surface area contributed by atoms with Crippen LogP contribution in [0.15, 0.2) is 29.2 Å². The van der Waals surface area contributed by atoms with Crippen LogP contribution in [0.25, 0.3) is 0 Å². The van der Waals surface area contributed by atoms with Gasteiger partial charge in [0.2, 0.25) is 0 Å². The molecule has 0 aliphatic rings. The van der Waals surface area contributed by atoms with Gasteiger partial charge in [-0.3, -0.25) is 0 Å². The lowest BCUT2D eigenvalue weighted by Gasteiger charge is -2.24. The van der Waals surface area contributed by atoms with E-state index < -0.39 is 0 Å². The summed E-state index contributed by atoms with van der Waals surface area (Å²) in [6, 6.07) is 8.83. The molecule has 0 saturated heterocycles. The van der Waals surface area contributed by atoms with Crippen molar-refractivity contribution in [2.45, 2.75) is 38.6 Å². The van der Waals surface area contributed by atoms with Gasteiger partial charge >= 0.3 is 0 Å². The third-order valence-corrected chi connectivity index (χ3v) is 3.88. The highest BCUT2D eigenvalue weighted by atomic mass is 32.2. The Morgan fingerprint density at radius 2 is 1.89 bits per heavy atom. The Hall–Kier alpha value is -0.510. The van der Waals surface area contributed by atoms with Crippen LogP contribution >= 0.6 is 11.8 Å². The van der Waals surface area contributed by atoms with E-state index in [9.17, 15) is 0 Å². The minimum atomic E-state index is 0.284. The molecule has 0 radical (unpaired) electrons. The SMILES string of the molecule is CCSc1ccc(CNCC(C)(C)CCN)cc1. The normalized spacial score (nSPS) is 11.8. The van der Waals surface area contributed by atoms with Crippen LogP contribution in [0.2, 0.25) is 0 Å². The summed E-state index contributed by atoms with van der Waals surface area (Å²) in [4.78, 5) is 1.35. The van der Waals surface area contributed by atoms with Crippen molar-refractivity contribution in [3.05, 3.63) is 29.8 Å². The summed E-state index contributed by atoms with van der Waals surface area (Å²) in [5.41, 5.74) is 7.24. The van der Waals surface area contributed by atoms with Gasteiger partial charge in [-0.25, -0.2) is 0 Å². The number of nitrogens with one attached hydrogen (secondary N) is 1. The van der Waals surface area contributed by atoms with Crippen molar-refractivity contribution in [1.82, 2.24) is 5.32 Å². The van der Waals surface area contributed by atoms with Crippen LogP contribution in [0, 0.1) is 5.41 Å². The van der Waals surface area contributed by atoms with E-state index in [4.69, 9.17) is 5.73 Å². The number of rotatable bonds is 8. The van der Waals surface area contributed by atoms with Crippen molar-refractivity contribution in [3.8, 4) is 0 Å². The van der Waals surface area contributed by atoms with Crippen molar-refractivity contribution in [1.29, 1.82) is 0 Å². The van der Waals surface area contributed by atoms with Gasteiger partial charge in [-0.15, -0.1) is 11.8 Å². The van der Waals surface area contributed by atoms with E-state index in [1.807, 2.05) is 11.8 Å². The highest BCUT2D eigenvalue weighted by molar-refractivity contribution is 7.99. The number of hydrogen-bond acceptors (Lipinski definition) is 3. The molecule has 1 aromatic rings. The van der Waals surface area contributed by atoms with Crippen LogP contribution in [-0.2, 0) is 6.54 Å². The smallest absolute Gasteiger partial charge is 0.0205 e. The summed E-state index contributed by atoms with van der Waals surface area (Å²) in [7, 11) is 0. The topological polar surface area (TPSA) is 38.0 Å². The zero-order valence-electron chi connectivity index (χ0n) is 11.8. The summed E-state index contributed by atoms with van der Waals surface area (Å²) < 4.78 is 0. The zero-order chi connectivity index (χ0) is 13.4. The molecule has 0 aliphatic heterocycles. The fourth-order valence-corrected chi connectivity index (χ4v) is 2.56. The Bertz CT molecular complexity index is 333. The van der Waals surface area contributed by atoms with Crippen LogP contribution in [-0.4, -0.2) is 18.8 Å². The molecule has 0 fully saturated rings. The van der Waals surface area contributed by atoms with Crippen molar-refractivity contribution < 1.29 is 0 Å². The first kappa shape index (κ1) is 15.5. The summed E-state index contributed by atoms with van der Waals surface area (Å²) in [6.45, 7) is 9.40. The van der Waals surface area contributed by atoms with Crippen molar-refractivity contribution in [3.63, 3.8) is 0 Å². The minimum absolute atomic E-state index is 0.284. The summed E-state index contributed by atoms with van der Waals surface area (Å²) >= 11 is 1.88. The molecule has 2 nitrogen and oxygen atoms in total. The Kier molecular flexibility index (Phi) is 6.76. The summed E-state index contributed by atoms with van der Waals surface area (Å²) in [6.07, 6.45) is 1.06. The minimum Gasteiger partial charge on any atom is -0.330 e. The Morgan fingerprint density at radius 3 is 2.44 bits per heavy atom. The monoisotopic (exact) mass is 266 g/mol. The highest BCUT2D eigenvalue weighted by Gasteiger charge is 2.15. The lowest BCUT2D eigenvalue weighted by Crippen LogP contribution is -2.30. The number of thioether (sulfide) groups is 1. The maximum Gasteiger partial charge on any atom is 0.0205 e. The van der Waals surface area contributed by atoms with E-state index in [0.717, 1.165) is 31.8 Å². The highest BCUT2D eigenvalue weighted by Crippen LogP contribution is 2.19. The third-order valence-electron chi connectivity index (χ3n) is 2.99. The van der Waals surface area contributed by atoms with E-state index in [-0.39, 0.29) is 5.41 Å². The maximum absolute atomic E-state index is 5.61. The lowest BCUT2D eigenvalue weighted by atomic mass is 9.89. The summed E-state index contributed by atoms with van der Waals surface area (Å²) in [5, 5.41) is 3.52. The molecule has 0 aromatic heterocycles. The third kappa shape index (κ3) is 5.89. The molecule has 0 bridgehead atoms. The number of hydrogen-bond donors (Lipinski definition) is 2. The van der Waals surface area contributed by atoms with Gasteiger partial charge in [0, 0.05) is 18.0 Å². The van der Waals surface area contributed by atoms with Gasteiger partial charge < -0.3 is 11.1 Å². The maximum atomic E-state index is 5.61. The molecule has 0 saturated carbocycles. The molecule has 0 aliphatic carbocycles. The van der Waals surface area contributed by atoms with Crippen molar-refractivity contribution in [2.75, 3.05) is 18.8 Å². The zero-order valence-corrected chi connectivity index (χ0v) is 12.6. The molecule has 0 spiro atoms. The molecule has 0 unspecified atom stereocenters. The molecule has 1 aromatic carbocycles. The van der Waals surface area contributed by atoms with E-state index >= 15 is 0 Å².